The normalized spacial score (nSPS) is 24.1. The Hall–Kier alpha value is -1.27. The Morgan fingerprint density at radius 1 is 1.44 bits per heavy atom. The standard InChI is InChI=1S/C10H15N3O2S/c1-6-4-9(6)13-8-3-2-7(11)5-10(8)16(12,14)15/h2-3,5-6,9,13H,4,11H2,1H3,(H2,12,14,15). The number of benzene rings is 1. The highest BCUT2D eigenvalue weighted by molar-refractivity contribution is 7.89. The molecule has 5 N–H and O–H groups in total. The van der Waals surface area contributed by atoms with Crippen LogP contribution in [0.25, 0.3) is 0 Å². The monoisotopic (exact) mass is 241 g/mol. The number of nitrogens with two attached hydrogens (primary N) is 2. The number of primary sulfonamides is 1. The fraction of sp³-hybridized carbons (Fsp3) is 0.400. The minimum absolute atomic E-state index is 0.0617. The van der Waals surface area contributed by atoms with E-state index in [1.54, 1.807) is 12.1 Å². The van der Waals surface area contributed by atoms with Crippen LogP contribution in [-0.4, -0.2) is 14.5 Å². The third-order valence-corrected chi connectivity index (χ3v) is 3.71. The van der Waals surface area contributed by atoms with Gasteiger partial charge in [0.05, 0.1) is 5.69 Å². The molecule has 2 atom stereocenters. The predicted molar refractivity (Wildman–Crippen MR) is 63.4 cm³/mol. The molecular weight excluding hydrogens is 226 g/mol. The maximum Gasteiger partial charge on any atom is 0.240 e. The molecule has 6 heteroatoms. The van der Waals surface area contributed by atoms with Crippen molar-refractivity contribution in [1.29, 1.82) is 0 Å². The van der Waals surface area contributed by atoms with Crippen LogP contribution in [0, 0.1) is 5.92 Å². The van der Waals surface area contributed by atoms with Crippen molar-refractivity contribution in [2.24, 2.45) is 11.1 Å². The average Bonchev–Trinajstić information content (AvgIpc) is 2.83. The van der Waals surface area contributed by atoms with Gasteiger partial charge >= 0.3 is 0 Å². The van der Waals surface area contributed by atoms with Gasteiger partial charge in [0.2, 0.25) is 10.0 Å². The summed E-state index contributed by atoms with van der Waals surface area (Å²) in [5.74, 6) is 0.575. The summed E-state index contributed by atoms with van der Waals surface area (Å²) in [6, 6.07) is 5.03. The summed E-state index contributed by atoms with van der Waals surface area (Å²) in [7, 11) is -3.73. The van der Waals surface area contributed by atoms with Crippen molar-refractivity contribution in [1.82, 2.24) is 0 Å². The molecule has 2 rings (SSSR count). The molecule has 0 aliphatic heterocycles. The van der Waals surface area contributed by atoms with E-state index in [4.69, 9.17) is 10.9 Å². The molecule has 1 aliphatic rings. The molecule has 0 heterocycles. The number of anilines is 2. The first-order valence-electron chi connectivity index (χ1n) is 5.07. The van der Waals surface area contributed by atoms with Crippen LogP contribution >= 0.6 is 0 Å². The molecule has 0 bridgehead atoms. The lowest BCUT2D eigenvalue weighted by molar-refractivity contribution is 0.598. The molecule has 16 heavy (non-hydrogen) atoms. The van der Waals surface area contributed by atoms with Gasteiger partial charge in [0.1, 0.15) is 4.90 Å². The van der Waals surface area contributed by atoms with Gasteiger partial charge in [0.15, 0.2) is 0 Å². The van der Waals surface area contributed by atoms with Crippen molar-refractivity contribution in [3.63, 3.8) is 0 Å². The van der Waals surface area contributed by atoms with Gasteiger partial charge in [-0.25, -0.2) is 13.6 Å². The predicted octanol–water partition coefficient (Wildman–Crippen LogP) is 0.737. The molecule has 0 spiro atoms. The Kier molecular flexibility index (Phi) is 2.55. The Balaban J connectivity index is 2.36. The minimum atomic E-state index is -3.73. The van der Waals surface area contributed by atoms with Gasteiger partial charge in [0.25, 0.3) is 0 Å². The van der Waals surface area contributed by atoms with Crippen LogP contribution in [0.5, 0.6) is 0 Å². The lowest BCUT2D eigenvalue weighted by Gasteiger charge is -2.10. The largest absolute Gasteiger partial charge is 0.399 e. The first kappa shape index (κ1) is 11.2. The molecule has 0 radical (unpaired) electrons. The molecule has 1 aliphatic carbocycles. The Labute approximate surface area is 94.9 Å². The minimum Gasteiger partial charge on any atom is -0.399 e. The van der Waals surface area contributed by atoms with Crippen molar-refractivity contribution >= 4 is 21.4 Å². The molecule has 1 aromatic carbocycles. The van der Waals surface area contributed by atoms with E-state index in [0.29, 0.717) is 23.3 Å². The summed E-state index contributed by atoms with van der Waals surface area (Å²) < 4.78 is 22.7. The summed E-state index contributed by atoms with van der Waals surface area (Å²) in [6.45, 7) is 2.10. The summed E-state index contributed by atoms with van der Waals surface area (Å²) in [4.78, 5) is 0.0617. The molecule has 0 saturated heterocycles. The fourth-order valence-corrected chi connectivity index (χ4v) is 2.35. The summed E-state index contributed by atoms with van der Waals surface area (Å²) in [5.41, 5.74) is 6.47. The van der Waals surface area contributed by atoms with Crippen LogP contribution in [0.15, 0.2) is 23.1 Å². The zero-order chi connectivity index (χ0) is 11.9. The molecule has 2 unspecified atom stereocenters. The van der Waals surface area contributed by atoms with E-state index in [1.165, 1.54) is 6.07 Å². The van der Waals surface area contributed by atoms with E-state index in [9.17, 15) is 8.42 Å². The maximum absolute atomic E-state index is 11.4. The summed E-state index contributed by atoms with van der Waals surface area (Å²) in [5, 5.41) is 8.29. The van der Waals surface area contributed by atoms with Gasteiger partial charge in [-0.05, 0) is 30.5 Å². The van der Waals surface area contributed by atoms with Gasteiger partial charge in [-0.15, -0.1) is 0 Å². The fourth-order valence-electron chi connectivity index (χ4n) is 1.62. The van der Waals surface area contributed by atoms with Crippen molar-refractivity contribution in [2.45, 2.75) is 24.3 Å². The third kappa shape index (κ3) is 2.28. The molecule has 88 valence electrons. The van der Waals surface area contributed by atoms with Crippen LogP contribution in [0.4, 0.5) is 11.4 Å². The number of sulfonamides is 1. The second-order valence-electron chi connectivity index (χ2n) is 4.26. The SMILES string of the molecule is CC1CC1Nc1ccc(N)cc1S(N)(=O)=O. The Morgan fingerprint density at radius 3 is 2.56 bits per heavy atom. The van der Waals surface area contributed by atoms with Crippen LogP contribution in [0.1, 0.15) is 13.3 Å². The van der Waals surface area contributed by atoms with E-state index in [0.717, 1.165) is 6.42 Å². The number of hydrogen-bond donors (Lipinski definition) is 3. The highest BCUT2D eigenvalue weighted by Gasteiger charge is 2.33. The maximum atomic E-state index is 11.4. The van der Waals surface area contributed by atoms with E-state index in [-0.39, 0.29) is 4.90 Å². The lowest BCUT2D eigenvalue weighted by atomic mass is 10.3. The van der Waals surface area contributed by atoms with Crippen molar-refractivity contribution in [3.05, 3.63) is 18.2 Å². The summed E-state index contributed by atoms with van der Waals surface area (Å²) in [6.07, 6.45) is 1.05. The molecule has 1 fully saturated rings. The first-order valence-corrected chi connectivity index (χ1v) is 6.61. The van der Waals surface area contributed by atoms with Crippen molar-refractivity contribution in [2.75, 3.05) is 11.1 Å². The van der Waals surface area contributed by atoms with E-state index < -0.39 is 10.0 Å². The van der Waals surface area contributed by atoms with Crippen molar-refractivity contribution in [3.8, 4) is 0 Å². The van der Waals surface area contributed by atoms with Crippen LogP contribution < -0.4 is 16.2 Å². The third-order valence-electron chi connectivity index (χ3n) is 2.76. The van der Waals surface area contributed by atoms with E-state index in [2.05, 4.69) is 12.2 Å². The van der Waals surface area contributed by atoms with Gasteiger partial charge in [-0.3, -0.25) is 0 Å². The van der Waals surface area contributed by atoms with Gasteiger partial charge < -0.3 is 11.1 Å². The van der Waals surface area contributed by atoms with Crippen LogP contribution in [-0.2, 0) is 10.0 Å². The topological polar surface area (TPSA) is 98.2 Å². The number of nitrogen functional groups attached to an aromatic ring is 1. The lowest BCUT2D eigenvalue weighted by Crippen LogP contribution is -2.16. The van der Waals surface area contributed by atoms with Gasteiger partial charge in [0, 0.05) is 11.7 Å². The zero-order valence-corrected chi connectivity index (χ0v) is 9.79. The van der Waals surface area contributed by atoms with Gasteiger partial charge in [-0.1, -0.05) is 6.92 Å². The molecule has 0 aromatic heterocycles. The molecule has 5 nitrogen and oxygen atoms in total. The molecular formula is C10H15N3O2S. The average molecular weight is 241 g/mol. The quantitative estimate of drug-likeness (QED) is 0.680. The number of nitrogens with one attached hydrogen (secondary N) is 1. The zero-order valence-electron chi connectivity index (χ0n) is 8.97. The molecule has 1 aromatic rings. The molecule has 1 saturated carbocycles. The Morgan fingerprint density at radius 2 is 2.06 bits per heavy atom. The second kappa shape index (κ2) is 3.64. The van der Waals surface area contributed by atoms with Gasteiger partial charge in [-0.2, -0.15) is 0 Å². The number of rotatable bonds is 3. The van der Waals surface area contributed by atoms with Crippen molar-refractivity contribution < 1.29 is 8.42 Å². The smallest absolute Gasteiger partial charge is 0.240 e. The van der Waals surface area contributed by atoms with Crippen LogP contribution in [0.2, 0.25) is 0 Å². The highest BCUT2D eigenvalue weighted by Crippen LogP contribution is 2.34. The highest BCUT2D eigenvalue weighted by atomic mass is 32.2. The van der Waals surface area contributed by atoms with Crippen LogP contribution in [0.3, 0.4) is 0 Å². The summed E-state index contributed by atoms with van der Waals surface area (Å²) >= 11 is 0. The van der Waals surface area contributed by atoms with E-state index in [1.807, 2.05) is 0 Å². The Bertz CT molecular complexity index is 513. The second-order valence-corrected chi connectivity index (χ2v) is 5.79. The van der Waals surface area contributed by atoms with E-state index >= 15 is 0 Å². The molecule has 0 amide bonds. The number of hydrogen-bond acceptors (Lipinski definition) is 4. The first-order chi connectivity index (χ1) is 7.38.